The van der Waals surface area contributed by atoms with E-state index < -0.39 is 0 Å². The Labute approximate surface area is 71.2 Å². The Morgan fingerprint density at radius 2 is 2.45 bits per heavy atom. The van der Waals surface area contributed by atoms with Crippen molar-refractivity contribution >= 4 is 11.6 Å². The quantitative estimate of drug-likeness (QED) is 0.624. The van der Waals surface area contributed by atoms with Gasteiger partial charge < -0.3 is 4.57 Å². The molecule has 3 heteroatoms. The third-order valence-corrected chi connectivity index (χ3v) is 2.19. The monoisotopic (exact) mass is 170 g/mol. The van der Waals surface area contributed by atoms with Gasteiger partial charge in [-0.05, 0) is 19.8 Å². The Kier molecular flexibility index (Phi) is 1.64. The maximum atomic E-state index is 5.94. The van der Waals surface area contributed by atoms with Crippen molar-refractivity contribution in [2.75, 3.05) is 0 Å². The first-order chi connectivity index (χ1) is 5.29. The van der Waals surface area contributed by atoms with Crippen LogP contribution in [0.5, 0.6) is 0 Å². The molecule has 1 fully saturated rings. The largest absolute Gasteiger partial charge is 0.331 e. The molecule has 1 atom stereocenters. The Bertz CT molecular complexity index is 234. The number of alkyl halides is 1. The fourth-order valence-electron chi connectivity index (χ4n) is 1.29. The number of aromatic nitrogens is 2. The van der Waals surface area contributed by atoms with Crippen molar-refractivity contribution in [2.24, 2.45) is 0 Å². The molecule has 1 aromatic rings. The summed E-state index contributed by atoms with van der Waals surface area (Å²) >= 11 is 5.94. The second-order valence-electron chi connectivity index (χ2n) is 3.04. The van der Waals surface area contributed by atoms with Crippen molar-refractivity contribution in [3.63, 3.8) is 0 Å². The molecule has 0 radical (unpaired) electrons. The van der Waals surface area contributed by atoms with Crippen LogP contribution in [0.25, 0.3) is 0 Å². The molecule has 60 valence electrons. The first kappa shape index (κ1) is 7.17. The van der Waals surface area contributed by atoms with Crippen LogP contribution in [0.1, 0.15) is 37.0 Å². The third-order valence-electron chi connectivity index (χ3n) is 1.99. The van der Waals surface area contributed by atoms with Crippen molar-refractivity contribution in [3.8, 4) is 0 Å². The molecule has 0 N–H and O–H groups in total. The first-order valence-corrected chi connectivity index (χ1v) is 4.39. The molecule has 0 unspecified atom stereocenters. The summed E-state index contributed by atoms with van der Waals surface area (Å²) in [5.41, 5.74) is 0. The van der Waals surface area contributed by atoms with Crippen LogP contribution in [0.3, 0.4) is 0 Å². The fourth-order valence-corrected chi connectivity index (χ4v) is 1.46. The molecule has 2 rings (SSSR count). The van der Waals surface area contributed by atoms with E-state index in [4.69, 9.17) is 11.6 Å². The maximum Gasteiger partial charge on any atom is 0.126 e. The van der Waals surface area contributed by atoms with Gasteiger partial charge in [0.05, 0.1) is 5.38 Å². The predicted octanol–water partition coefficient (Wildman–Crippen LogP) is 2.52. The highest BCUT2D eigenvalue weighted by atomic mass is 35.5. The molecule has 1 aliphatic carbocycles. The molecule has 0 aliphatic heterocycles. The Morgan fingerprint density at radius 3 is 3.00 bits per heavy atom. The van der Waals surface area contributed by atoms with Crippen LogP contribution in [0.2, 0.25) is 0 Å². The summed E-state index contributed by atoms with van der Waals surface area (Å²) in [6.07, 6.45) is 6.42. The van der Waals surface area contributed by atoms with Crippen molar-refractivity contribution in [3.05, 3.63) is 18.2 Å². The van der Waals surface area contributed by atoms with Gasteiger partial charge >= 0.3 is 0 Å². The van der Waals surface area contributed by atoms with E-state index in [0.717, 1.165) is 5.82 Å². The smallest absolute Gasteiger partial charge is 0.126 e. The van der Waals surface area contributed by atoms with Crippen molar-refractivity contribution in [1.29, 1.82) is 0 Å². The summed E-state index contributed by atoms with van der Waals surface area (Å²) in [6, 6.07) is 0.689. The van der Waals surface area contributed by atoms with Gasteiger partial charge in [-0.2, -0.15) is 0 Å². The average molecular weight is 171 g/mol. The van der Waals surface area contributed by atoms with Crippen LogP contribution in [0.4, 0.5) is 0 Å². The van der Waals surface area contributed by atoms with Gasteiger partial charge in [0.15, 0.2) is 0 Å². The molecule has 0 saturated heterocycles. The van der Waals surface area contributed by atoms with Crippen molar-refractivity contribution < 1.29 is 0 Å². The van der Waals surface area contributed by atoms with Gasteiger partial charge in [-0.15, -0.1) is 11.6 Å². The normalized spacial score (nSPS) is 20.2. The summed E-state index contributed by atoms with van der Waals surface area (Å²) in [6.45, 7) is 1.96. The molecule has 2 nitrogen and oxygen atoms in total. The van der Waals surface area contributed by atoms with Crippen LogP contribution in [-0.4, -0.2) is 9.55 Å². The summed E-state index contributed by atoms with van der Waals surface area (Å²) in [5.74, 6) is 1.01. The third kappa shape index (κ3) is 1.27. The molecule has 1 aliphatic rings. The lowest BCUT2D eigenvalue weighted by Gasteiger charge is -2.06. The van der Waals surface area contributed by atoms with Gasteiger partial charge in [0.1, 0.15) is 5.82 Å². The van der Waals surface area contributed by atoms with E-state index in [0.29, 0.717) is 6.04 Å². The molecule has 11 heavy (non-hydrogen) atoms. The van der Waals surface area contributed by atoms with Gasteiger partial charge in [-0.1, -0.05) is 0 Å². The minimum atomic E-state index is 0.0330. The lowest BCUT2D eigenvalue weighted by molar-refractivity contribution is 0.680. The van der Waals surface area contributed by atoms with Crippen LogP contribution in [-0.2, 0) is 0 Å². The molecular weight excluding hydrogens is 160 g/mol. The minimum absolute atomic E-state index is 0.0330. The molecule has 0 bridgehead atoms. The number of rotatable bonds is 2. The summed E-state index contributed by atoms with van der Waals surface area (Å²) in [4.78, 5) is 4.21. The molecular formula is C8H11ClN2. The highest BCUT2D eigenvalue weighted by Gasteiger charge is 2.26. The lowest BCUT2D eigenvalue weighted by atomic mass is 10.4. The zero-order valence-electron chi connectivity index (χ0n) is 6.50. The Balaban J connectivity index is 2.30. The molecule has 0 aromatic carbocycles. The van der Waals surface area contributed by atoms with Crippen LogP contribution >= 0.6 is 11.6 Å². The number of imidazole rings is 1. The highest BCUT2D eigenvalue weighted by Crippen LogP contribution is 2.37. The van der Waals surface area contributed by atoms with E-state index in [9.17, 15) is 0 Å². The number of hydrogen-bond donors (Lipinski definition) is 0. The lowest BCUT2D eigenvalue weighted by Crippen LogP contribution is -2.00. The molecule has 1 aromatic heterocycles. The summed E-state index contributed by atoms with van der Waals surface area (Å²) < 4.78 is 2.19. The molecule has 1 saturated carbocycles. The van der Waals surface area contributed by atoms with Crippen molar-refractivity contribution in [1.82, 2.24) is 9.55 Å². The second kappa shape index (κ2) is 2.52. The van der Waals surface area contributed by atoms with E-state index in [1.165, 1.54) is 12.8 Å². The molecule has 1 heterocycles. The van der Waals surface area contributed by atoms with Gasteiger partial charge in [0.25, 0.3) is 0 Å². The molecule has 0 spiro atoms. The van der Waals surface area contributed by atoms with E-state index in [1.54, 1.807) is 0 Å². The number of halogens is 1. The summed E-state index contributed by atoms with van der Waals surface area (Å²) in [5, 5.41) is 0.0330. The van der Waals surface area contributed by atoms with Gasteiger partial charge in [-0.3, -0.25) is 0 Å². The zero-order chi connectivity index (χ0) is 7.84. The Hall–Kier alpha value is -0.500. The zero-order valence-corrected chi connectivity index (χ0v) is 7.25. The minimum Gasteiger partial charge on any atom is -0.331 e. The van der Waals surface area contributed by atoms with Crippen molar-refractivity contribution in [2.45, 2.75) is 31.2 Å². The average Bonchev–Trinajstić information content (AvgIpc) is 2.68. The number of nitrogens with zero attached hydrogens (tertiary/aromatic N) is 2. The van der Waals surface area contributed by atoms with Gasteiger partial charge in [0.2, 0.25) is 0 Å². The maximum absolute atomic E-state index is 5.94. The highest BCUT2D eigenvalue weighted by molar-refractivity contribution is 6.20. The van der Waals surface area contributed by atoms with Gasteiger partial charge in [0, 0.05) is 18.4 Å². The number of hydrogen-bond acceptors (Lipinski definition) is 1. The van der Waals surface area contributed by atoms with Gasteiger partial charge in [-0.25, -0.2) is 4.98 Å². The summed E-state index contributed by atoms with van der Waals surface area (Å²) in [7, 11) is 0. The standard InChI is InChI=1S/C8H11ClN2/c1-6(9)8-10-4-5-11(8)7-2-3-7/h4-7H,2-3H2,1H3/t6-/m1/s1. The first-order valence-electron chi connectivity index (χ1n) is 3.96. The molecule has 0 amide bonds. The van der Waals surface area contributed by atoms with Crippen LogP contribution in [0, 0.1) is 0 Å². The van der Waals surface area contributed by atoms with E-state index in [1.807, 2.05) is 19.3 Å². The Morgan fingerprint density at radius 1 is 1.73 bits per heavy atom. The van der Waals surface area contributed by atoms with Crippen LogP contribution in [0.15, 0.2) is 12.4 Å². The van der Waals surface area contributed by atoms with E-state index >= 15 is 0 Å². The SMILES string of the molecule is C[C@@H](Cl)c1nccn1C1CC1. The van der Waals surface area contributed by atoms with E-state index in [2.05, 4.69) is 9.55 Å². The second-order valence-corrected chi connectivity index (χ2v) is 3.69. The predicted molar refractivity (Wildman–Crippen MR) is 44.8 cm³/mol. The topological polar surface area (TPSA) is 17.8 Å². The van der Waals surface area contributed by atoms with E-state index in [-0.39, 0.29) is 5.38 Å². The van der Waals surface area contributed by atoms with Crippen LogP contribution < -0.4 is 0 Å². The fraction of sp³-hybridized carbons (Fsp3) is 0.625.